The minimum absolute atomic E-state index is 0.0296. The molecular weight excluding hydrogens is 251 g/mol. The third-order valence-corrected chi connectivity index (χ3v) is 3.18. The molecule has 0 saturated carbocycles. The number of aromatic nitrogens is 1. The van der Waals surface area contributed by atoms with Gasteiger partial charge in [-0.05, 0) is 26.8 Å². The van der Waals surface area contributed by atoms with Crippen molar-refractivity contribution in [3.8, 4) is 0 Å². The Morgan fingerprint density at radius 1 is 1.56 bits per heavy atom. The van der Waals surface area contributed by atoms with Crippen LogP contribution in [-0.2, 0) is 11.4 Å². The van der Waals surface area contributed by atoms with Gasteiger partial charge in [0.25, 0.3) is 0 Å². The summed E-state index contributed by atoms with van der Waals surface area (Å²) in [6, 6.07) is 1.13. The summed E-state index contributed by atoms with van der Waals surface area (Å²) in [6.07, 6.45) is 2.47. The van der Waals surface area contributed by atoms with Crippen molar-refractivity contribution in [2.45, 2.75) is 25.5 Å². The van der Waals surface area contributed by atoms with Gasteiger partial charge in [-0.15, -0.1) is 0 Å². The smallest absolute Gasteiger partial charge is 0.152 e. The Morgan fingerprint density at radius 3 is 2.69 bits per heavy atom. The highest BCUT2D eigenvalue weighted by molar-refractivity contribution is 7.91. The van der Waals surface area contributed by atoms with Crippen LogP contribution in [0.2, 0.25) is 5.02 Å². The van der Waals surface area contributed by atoms with E-state index in [1.54, 1.807) is 20.8 Å². The normalized spacial score (nSPS) is 14.4. The third kappa shape index (κ3) is 3.73. The van der Waals surface area contributed by atoms with Crippen LogP contribution in [0.1, 0.15) is 26.5 Å². The second kappa shape index (κ2) is 5.12. The lowest BCUT2D eigenvalue weighted by Gasteiger charge is -2.17. The molecule has 6 heteroatoms. The zero-order chi connectivity index (χ0) is 12.3. The van der Waals surface area contributed by atoms with E-state index >= 15 is 0 Å². The summed E-state index contributed by atoms with van der Waals surface area (Å²) in [4.78, 5) is 3.74. The van der Waals surface area contributed by atoms with Crippen LogP contribution in [-0.4, -0.2) is 20.5 Å². The summed E-state index contributed by atoms with van der Waals surface area (Å²) < 4.78 is 28.1. The highest BCUT2D eigenvalue weighted by atomic mass is 35.5. The maximum absolute atomic E-state index is 13.3. The Labute approximate surface area is 102 Å². The first-order valence-corrected chi connectivity index (χ1v) is 6.06. The summed E-state index contributed by atoms with van der Waals surface area (Å²) >= 11 is 4.12. The van der Waals surface area contributed by atoms with E-state index in [0.29, 0.717) is 0 Å². The second-order valence-corrected chi connectivity index (χ2v) is 6.49. The molecule has 1 aromatic heterocycles. The molecule has 0 aliphatic heterocycles. The molecule has 16 heavy (non-hydrogen) atoms. The first-order valence-electron chi connectivity index (χ1n) is 4.58. The lowest BCUT2D eigenvalue weighted by molar-refractivity contribution is 0.561. The van der Waals surface area contributed by atoms with Crippen LogP contribution in [0.15, 0.2) is 16.7 Å². The Kier molecular flexibility index (Phi) is 4.29. The summed E-state index contributed by atoms with van der Waals surface area (Å²) in [5.74, 6) is -0.581. The molecule has 1 atom stereocenters. The Hall–Kier alpha value is -0.650. The van der Waals surface area contributed by atoms with Crippen LogP contribution in [0.3, 0.4) is 0 Å². The lowest BCUT2D eigenvalue weighted by atomic mass is 10.3. The van der Waals surface area contributed by atoms with Crippen molar-refractivity contribution in [1.29, 1.82) is 0 Å². The molecular formula is C10H12ClFN2OS. The van der Waals surface area contributed by atoms with Gasteiger partial charge in [0, 0.05) is 6.20 Å². The van der Waals surface area contributed by atoms with Crippen molar-refractivity contribution in [1.82, 2.24) is 4.98 Å². The molecule has 0 saturated heterocycles. The molecule has 0 aliphatic carbocycles. The van der Waals surface area contributed by atoms with E-state index in [4.69, 9.17) is 11.6 Å². The third-order valence-electron chi connectivity index (χ3n) is 1.63. The fraction of sp³-hybridized carbons (Fsp3) is 0.400. The maximum atomic E-state index is 13.3. The van der Waals surface area contributed by atoms with E-state index in [9.17, 15) is 8.94 Å². The van der Waals surface area contributed by atoms with Gasteiger partial charge in [-0.25, -0.2) is 4.39 Å². The molecule has 0 N–H and O–H groups in total. The van der Waals surface area contributed by atoms with Crippen LogP contribution < -0.4 is 0 Å². The zero-order valence-electron chi connectivity index (χ0n) is 9.20. The number of hydrogen-bond donors (Lipinski definition) is 0. The van der Waals surface area contributed by atoms with E-state index in [1.165, 1.54) is 6.20 Å². The van der Waals surface area contributed by atoms with Crippen molar-refractivity contribution >= 4 is 29.2 Å². The predicted molar refractivity (Wildman–Crippen MR) is 64.7 cm³/mol. The summed E-state index contributed by atoms with van der Waals surface area (Å²) in [6.45, 7) is 5.35. The molecule has 0 unspecified atom stereocenters. The molecule has 1 rings (SSSR count). The minimum Gasteiger partial charge on any atom is -0.591 e. The molecule has 1 heterocycles. The highest BCUT2D eigenvalue weighted by Crippen LogP contribution is 2.17. The Bertz CT molecular complexity index is 406. The summed E-state index contributed by atoms with van der Waals surface area (Å²) in [7, 11) is 0. The van der Waals surface area contributed by atoms with Crippen LogP contribution >= 0.6 is 11.6 Å². The fourth-order valence-corrected chi connectivity index (χ4v) is 1.43. The van der Waals surface area contributed by atoms with Crippen molar-refractivity contribution in [2.75, 3.05) is 0 Å². The molecule has 3 nitrogen and oxygen atoms in total. The van der Waals surface area contributed by atoms with E-state index < -0.39 is 21.9 Å². The van der Waals surface area contributed by atoms with Crippen LogP contribution in [0.5, 0.6) is 0 Å². The SMILES string of the molecule is CC(C)(C)[S@+]([O-])/N=C/c1ncc(Cl)cc1F. The number of pyridine rings is 1. The van der Waals surface area contributed by atoms with Gasteiger partial charge in [-0.2, -0.15) is 0 Å². The van der Waals surface area contributed by atoms with Crippen LogP contribution in [0.25, 0.3) is 0 Å². The molecule has 0 fully saturated rings. The Morgan fingerprint density at radius 2 is 2.19 bits per heavy atom. The van der Waals surface area contributed by atoms with Gasteiger partial charge in [0.15, 0.2) is 5.82 Å². The molecule has 0 aromatic carbocycles. The number of hydrogen-bond acceptors (Lipinski definition) is 3. The monoisotopic (exact) mass is 262 g/mol. The van der Waals surface area contributed by atoms with Gasteiger partial charge in [-0.1, -0.05) is 16.0 Å². The van der Waals surface area contributed by atoms with E-state index in [1.807, 2.05) is 0 Å². The number of nitrogens with zero attached hydrogens (tertiary/aromatic N) is 2. The Balaban J connectivity index is 2.85. The first kappa shape index (κ1) is 13.4. The largest absolute Gasteiger partial charge is 0.591 e. The standard InChI is InChI=1S/C10H12ClFN2OS/c1-10(2,3)16(15)14-6-9-8(12)4-7(11)5-13-9/h4-6H,1-3H3/b14-6+/t16-/m0/s1. The zero-order valence-corrected chi connectivity index (χ0v) is 10.8. The van der Waals surface area contributed by atoms with Gasteiger partial charge in [0.05, 0.1) is 5.02 Å². The highest BCUT2D eigenvalue weighted by Gasteiger charge is 2.25. The molecule has 1 aromatic rings. The summed E-state index contributed by atoms with van der Waals surface area (Å²) in [5.41, 5.74) is 0.0296. The topological polar surface area (TPSA) is 48.3 Å². The van der Waals surface area contributed by atoms with Gasteiger partial charge in [0.1, 0.15) is 28.0 Å². The van der Waals surface area contributed by atoms with Crippen molar-refractivity contribution in [3.05, 3.63) is 28.8 Å². The molecule has 88 valence electrons. The second-order valence-electron chi connectivity index (χ2n) is 4.12. The van der Waals surface area contributed by atoms with E-state index in [0.717, 1.165) is 12.3 Å². The average Bonchev–Trinajstić information content (AvgIpc) is 2.14. The van der Waals surface area contributed by atoms with E-state index in [-0.39, 0.29) is 10.7 Å². The van der Waals surface area contributed by atoms with Crippen molar-refractivity contribution < 1.29 is 8.94 Å². The van der Waals surface area contributed by atoms with Gasteiger partial charge in [0.2, 0.25) is 0 Å². The fourth-order valence-electron chi connectivity index (χ4n) is 0.776. The predicted octanol–water partition coefficient (Wildman–Crippen LogP) is 2.76. The molecule has 0 aliphatic rings. The van der Waals surface area contributed by atoms with Gasteiger partial charge < -0.3 is 4.55 Å². The maximum Gasteiger partial charge on any atom is 0.152 e. The van der Waals surface area contributed by atoms with Gasteiger partial charge >= 0.3 is 0 Å². The molecule has 0 spiro atoms. The average molecular weight is 263 g/mol. The quantitative estimate of drug-likeness (QED) is 0.608. The number of halogens is 2. The van der Waals surface area contributed by atoms with Crippen molar-refractivity contribution in [2.24, 2.45) is 4.40 Å². The van der Waals surface area contributed by atoms with E-state index in [2.05, 4.69) is 9.38 Å². The first-order chi connectivity index (χ1) is 7.30. The molecule has 0 bridgehead atoms. The summed E-state index contributed by atoms with van der Waals surface area (Å²) in [5, 5.41) is 0.214. The van der Waals surface area contributed by atoms with Crippen LogP contribution in [0, 0.1) is 5.82 Å². The number of rotatable bonds is 2. The molecule has 0 radical (unpaired) electrons. The molecule has 0 amide bonds. The minimum atomic E-state index is -1.42. The van der Waals surface area contributed by atoms with Crippen LogP contribution in [0.4, 0.5) is 4.39 Å². The lowest BCUT2D eigenvalue weighted by Crippen LogP contribution is -2.25. The van der Waals surface area contributed by atoms with Gasteiger partial charge in [-0.3, -0.25) is 4.98 Å². The van der Waals surface area contributed by atoms with Crippen molar-refractivity contribution in [3.63, 3.8) is 0 Å².